The molecule has 0 aromatic rings. The topological polar surface area (TPSA) is 95.9 Å². The molecule has 2 atom stereocenters. The fourth-order valence-corrected chi connectivity index (χ4v) is 11.2. The van der Waals surface area contributed by atoms with E-state index < -0.39 is 12.1 Å². The summed E-state index contributed by atoms with van der Waals surface area (Å²) in [6, 6.07) is -0.634. The summed E-state index contributed by atoms with van der Waals surface area (Å²) in [5, 5.41) is 23.3. The van der Waals surface area contributed by atoms with Crippen LogP contribution in [0.2, 0.25) is 0 Å². The summed E-state index contributed by atoms with van der Waals surface area (Å²) in [7, 11) is 0. The number of carbonyl (C=O) groups excluding carboxylic acids is 2. The third kappa shape index (κ3) is 65.1. The summed E-state index contributed by atoms with van der Waals surface area (Å²) in [5.74, 6) is -0.0584. The van der Waals surface area contributed by atoms with Gasteiger partial charge in [0, 0.05) is 12.8 Å². The van der Waals surface area contributed by atoms with Crippen LogP contribution in [0.5, 0.6) is 0 Å². The highest BCUT2D eigenvalue weighted by Crippen LogP contribution is 2.18. The molecule has 0 heterocycles. The van der Waals surface area contributed by atoms with E-state index in [2.05, 4.69) is 43.5 Å². The monoisotopic (exact) mass is 1110 g/mol. The van der Waals surface area contributed by atoms with Crippen LogP contribution in [0.4, 0.5) is 0 Å². The zero-order valence-electron chi connectivity index (χ0n) is 53.4. The van der Waals surface area contributed by atoms with Crippen molar-refractivity contribution < 1.29 is 24.5 Å². The Balaban J connectivity index is 3.45. The number of hydrogen-bond donors (Lipinski definition) is 3. The van der Waals surface area contributed by atoms with Crippen LogP contribution in [-0.4, -0.2) is 47.4 Å². The van der Waals surface area contributed by atoms with Gasteiger partial charge >= 0.3 is 5.97 Å². The molecule has 466 valence electrons. The Morgan fingerprint density at radius 3 is 0.962 bits per heavy atom. The first-order chi connectivity index (χ1) is 39.0. The number of allylic oxidation sites excluding steroid dienone is 5. The molecule has 3 N–H and O–H groups in total. The second-order valence-corrected chi connectivity index (χ2v) is 24.6. The third-order valence-electron chi connectivity index (χ3n) is 16.7. The first kappa shape index (κ1) is 77.1. The van der Waals surface area contributed by atoms with Crippen molar-refractivity contribution in [2.24, 2.45) is 0 Å². The third-order valence-corrected chi connectivity index (χ3v) is 16.7. The van der Waals surface area contributed by atoms with Crippen molar-refractivity contribution >= 4 is 11.9 Å². The summed E-state index contributed by atoms with van der Waals surface area (Å²) in [5.41, 5.74) is 0. The summed E-state index contributed by atoms with van der Waals surface area (Å²) < 4.78 is 5.49. The molecule has 0 rings (SSSR count). The highest BCUT2D eigenvalue weighted by Gasteiger charge is 2.18. The van der Waals surface area contributed by atoms with E-state index >= 15 is 0 Å². The van der Waals surface area contributed by atoms with E-state index in [0.29, 0.717) is 19.4 Å². The smallest absolute Gasteiger partial charge is 0.305 e. The first-order valence-corrected chi connectivity index (χ1v) is 35.8. The number of aliphatic hydroxyl groups excluding tert-OH is 2. The molecule has 0 fully saturated rings. The Kier molecular flexibility index (Phi) is 66.9. The molecule has 1 amide bonds. The van der Waals surface area contributed by atoms with E-state index in [9.17, 15) is 19.8 Å². The Bertz CT molecular complexity index is 1280. The molecule has 0 aliphatic heterocycles. The van der Waals surface area contributed by atoms with Crippen molar-refractivity contribution in [3.63, 3.8) is 0 Å². The Morgan fingerprint density at radius 1 is 0.354 bits per heavy atom. The van der Waals surface area contributed by atoms with Gasteiger partial charge in [-0.3, -0.25) is 9.59 Å². The summed E-state index contributed by atoms with van der Waals surface area (Å²) in [6.45, 7) is 4.94. The zero-order valence-corrected chi connectivity index (χ0v) is 53.4. The summed E-state index contributed by atoms with van der Waals surface area (Å²) in [4.78, 5) is 24.6. The quantitative estimate of drug-likeness (QED) is 0.0320. The minimum atomic E-state index is -0.850. The number of ether oxygens (including phenoxy) is 1. The Hall–Kier alpha value is -1.92. The predicted molar refractivity (Wildman–Crippen MR) is 347 cm³/mol. The van der Waals surface area contributed by atoms with Gasteiger partial charge in [-0.15, -0.1) is 0 Å². The molecule has 0 spiro atoms. The van der Waals surface area contributed by atoms with Crippen LogP contribution in [0.1, 0.15) is 393 Å². The number of nitrogens with one attached hydrogen (secondary N) is 1. The highest BCUT2D eigenvalue weighted by molar-refractivity contribution is 5.76. The minimum Gasteiger partial charge on any atom is -0.466 e. The molecular weight excluding hydrogens is 971 g/mol. The van der Waals surface area contributed by atoms with Gasteiger partial charge in [-0.05, 0) is 64.2 Å². The lowest BCUT2D eigenvalue weighted by Crippen LogP contribution is -2.45. The van der Waals surface area contributed by atoms with Crippen LogP contribution in [0, 0.1) is 0 Å². The SMILES string of the molecule is CCCCCCCCCCCCCCCCCCCCCC/C=C/C(O)C(CO)NC(=O)CCCCCCCCCCC/C=C\C/C=C\CCCCCCCCCCCOC(=O)CCCCCCCCCCCCCCCCC. The maximum Gasteiger partial charge on any atom is 0.305 e. The van der Waals surface area contributed by atoms with Crippen molar-refractivity contribution in [3.8, 4) is 0 Å². The molecular formula is C73H139NO5. The highest BCUT2D eigenvalue weighted by atomic mass is 16.5. The molecule has 0 aromatic heterocycles. The Morgan fingerprint density at radius 2 is 0.633 bits per heavy atom. The lowest BCUT2D eigenvalue weighted by molar-refractivity contribution is -0.143. The molecule has 6 nitrogen and oxygen atoms in total. The molecule has 0 aliphatic rings. The molecule has 79 heavy (non-hydrogen) atoms. The summed E-state index contributed by atoms with van der Waals surface area (Å²) in [6.07, 6.45) is 87.9. The number of rotatable bonds is 67. The Labute approximate surface area is 494 Å². The maximum absolute atomic E-state index is 12.5. The van der Waals surface area contributed by atoms with Gasteiger partial charge in [0.25, 0.3) is 0 Å². The molecule has 0 saturated heterocycles. The van der Waals surface area contributed by atoms with Gasteiger partial charge in [0.05, 0.1) is 25.4 Å². The number of aliphatic hydroxyl groups is 2. The fraction of sp³-hybridized carbons (Fsp3) is 0.890. The predicted octanol–water partition coefficient (Wildman–Crippen LogP) is 23.1. The lowest BCUT2D eigenvalue weighted by Gasteiger charge is -2.20. The normalized spacial score (nSPS) is 12.7. The number of amides is 1. The van der Waals surface area contributed by atoms with Crippen molar-refractivity contribution in [2.45, 2.75) is 405 Å². The van der Waals surface area contributed by atoms with E-state index in [1.807, 2.05) is 6.08 Å². The minimum absolute atomic E-state index is 0.0120. The van der Waals surface area contributed by atoms with Crippen LogP contribution in [0.15, 0.2) is 36.5 Å². The number of unbranched alkanes of at least 4 members (excludes halogenated alkanes) is 52. The van der Waals surface area contributed by atoms with E-state index in [1.54, 1.807) is 6.08 Å². The lowest BCUT2D eigenvalue weighted by atomic mass is 10.0. The van der Waals surface area contributed by atoms with Gasteiger partial charge in [0.1, 0.15) is 0 Å². The fourth-order valence-electron chi connectivity index (χ4n) is 11.2. The van der Waals surface area contributed by atoms with E-state index in [4.69, 9.17) is 4.74 Å². The number of carbonyl (C=O) groups is 2. The van der Waals surface area contributed by atoms with Crippen LogP contribution < -0.4 is 5.32 Å². The molecule has 0 aliphatic carbocycles. The summed E-state index contributed by atoms with van der Waals surface area (Å²) >= 11 is 0. The first-order valence-electron chi connectivity index (χ1n) is 35.8. The molecule has 2 unspecified atom stereocenters. The maximum atomic E-state index is 12.5. The van der Waals surface area contributed by atoms with E-state index in [-0.39, 0.29) is 18.5 Å². The van der Waals surface area contributed by atoms with E-state index in [0.717, 1.165) is 44.9 Å². The average molecular weight is 1110 g/mol. The zero-order chi connectivity index (χ0) is 57.1. The number of hydrogen-bond acceptors (Lipinski definition) is 5. The molecule has 0 bridgehead atoms. The van der Waals surface area contributed by atoms with Crippen LogP contribution in [0.3, 0.4) is 0 Å². The molecule has 0 aromatic carbocycles. The van der Waals surface area contributed by atoms with Crippen LogP contribution >= 0.6 is 0 Å². The van der Waals surface area contributed by atoms with Gasteiger partial charge in [-0.25, -0.2) is 0 Å². The van der Waals surface area contributed by atoms with Crippen molar-refractivity contribution in [1.29, 1.82) is 0 Å². The van der Waals surface area contributed by atoms with Gasteiger partial charge in [-0.1, -0.05) is 352 Å². The van der Waals surface area contributed by atoms with Gasteiger partial charge in [-0.2, -0.15) is 0 Å². The van der Waals surface area contributed by atoms with Gasteiger partial charge in [0.15, 0.2) is 0 Å². The average Bonchev–Trinajstić information content (AvgIpc) is 3.45. The largest absolute Gasteiger partial charge is 0.466 e. The van der Waals surface area contributed by atoms with Crippen LogP contribution in [0.25, 0.3) is 0 Å². The standard InChI is InChI=1S/C73H139NO5/c1-3-5-7-9-11-13-15-17-19-20-21-22-28-31-34-38-41-45-49-53-57-61-65-71(76)70(69-75)74-72(77)66-62-58-54-50-46-42-39-35-32-29-26-24-23-25-27-30-33-36-40-44-48-52-56-60-64-68-79-73(78)67-63-59-55-51-47-43-37-18-16-14-12-10-8-6-4-2/h24-27,61,65,70-71,75-76H,3-23,28-60,62-64,66-69H2,1-2H3,(H,74,77)/b26-24-,27-25-,65-61+. The van der Waals surface area contributed by atoms with Crippen molar-refractivity contribution in [1.82, 2.24) is 5.32 Å². The number of esters is 1. The van der Waals surface area contributed by atoms with Gasteiger partial charge < -0.3 is 20.3 Å². The van der Waals surface area contributed by atoms with Crippen LogP contribution in [-0.2, 0) is 14.3 Å². The molecule has 6 heteroatoms. The molecule has 0 radical (unpaired) electrons. The second kappa shape index (κ2) is 68.6. The van der Waals surface area contributed by atoms with Crippen molar-refractivity contribution in [2.75, 3.05) is 13.2 Å². The van der Waals surface area contributed by atoms with E-state index in [1.165, 1.54) is 321 Å². The van der Waals surface area contributed by atoms with Gasteiger partial charge in [0.2, 0.25) is 5.91 Å². The molecule has 0 saturated carbocycles. The van der Waals surface area contributed by atoms with Crippen molar-refractivity contribution in [3.05, 3.63) is 36.5 Å². The second-order valence-electron chi connectivity index (χ2n) is 24.6.